The van der Waals surface area contributed by atoms with Gasteiger partial charge in [0.05, 0.1) is 0 Å². The second kappa shape index (κ2) is 7.75. The molecule has 1 atom stereocenters. The van der Waals surface area contributed by atoms with Crippen molar-refractivity contribution in [2.75, 3.05) is 0 Å². The molecule has 0 spiro atoms. The van der Waals surface area contributed by atoms with Crippen molar-refractivity contribution < 1.29 is 8.81 Å². The molecule has 3 aromatic rings. The van der Waals surface area contributed by atoms with E-state index in [1.807, 2.05) is 55.5 Å². The molecule has 0 saturated heterocycles. The summed E-state index contributed by atoms with van der Waals surface area (Å²) in [6.45, 7) is 3.40. The van der Waals surface area contributed by atoms with Crippen molar-refractivity contribution >= 4 is 17.2 Å². The molecule has 3 rings (SSSR count). The minimum absolute atomic E-state index is 0.502. The number of hydrogen-bond acceptors (Lipinski definition) is 2. The molecule has 0 aliphatic rings. The Morgan fingerprint density at radius 2 is 1.88 bits per heavy atom. The first-order valence-corrected chi connectivity index (χ1v) is 8.28. The lowest BCUT2D eigenvalue weighted by molar-refractivity contribution is 0.430. The second-order valence-corrected chi connectivity index (χ2v) is 5.78. The van der Waals surface area contributed by atoms with Gasteiger partial charge in [0.15, 0.2) is 5.58 Å². The fraction of sp³-hybridized carbons (Fsp3) is 0.136. The first-order valence-electron chi connectivity index (χ1n) is 8.28. The average Bonchev–Trinajstić information content (AvgIpc) is 3.02. The predicted octanol–water partition coefficient (Wildman–Crippen LogP) is 6.37. The number of allylic oxidation sites excluding steroid dienone is 5. The Morgan fingerprint density at radius 3 is 2.60 bits per heavy atom. The molecule has 0 radical (unpaired) electrons. The summed E-state index contributed by atoms with van der Waals surface area (Å²) in [6.07, 6.45) is 7.83. The van der Waals surface area contributed by atoms with E-state index in [1.165, 1.54) is 6.92 Å². The van der Waals surface area contributed by atoms with Gasteiger partial charge in [0, 0.05) is 6.08 Å². The van der Waals surface area contributed by atoms with Crippen LogP contribution in [0.15, 0.2) is 82.8 Å². The van der Waals surface area contributed by atoms with Gasteiger partial charge in [-0.05, 0) is 54.8 Å². The van der Waals surface area contributed by atoms with Crippen LogP contribution in [-0.4, -0.2) is 11.2 Å². The summed E-state index contributed by atoms with van der Waals surface area (Å²) in [7, 11) is 0. The van der Waals surface area contributed by atoms with Crippen molar-refractivity contribution in [1.82, 2.24) is 4.98 Å². The Balaban J connectivity index is 1.90. The molecule has 1 unspecified atom stereocenters. The van der Waals surface area contributed by atoms with Crippen molar-refractivity contribution in [2.45, 2.75) is 20.0 Å². The van der Waals surface area contributed by atoms with E-state index in [0.717, 1.165) is 27.8 Å². The van der Waals surface area contributed by atoms with Gasteiger partial charge in [-0.25, -0.2) is 9.37 Å². The molecular weight excluding hydrogens is 313 g/mol. The largest absolute Gasteiger partial charge is 0.437 e. The highest BCUT2D eigenvalue weighted by Crippen LogP contribution is 2.25. The lowest BCUT2D eigenvalue weighted by Gasteiger charge is -1.99. The second-order valence-electron chi connectivity index (χ2n) is 5.78. The van der Waals surface area contributed by atoms with Crippen LogP contribution in [0.4, 0.5) is 4.39 Å². The third-order valence-electron chi connectivity index (χ3n) is 3.71. The van der Waals surface area contributed by atoms with Crippen LogP contribution in [0.1, 0.15) is 19.7 Å². The molecule has 0 saturated carbocycles. The van der Waals surface area contributed by atoms with E-state index in [0.29, 0.717) is 5.89 Å². The molecule has 3 heteroatoms. The number of alkyl halides is 1. The monoisotopic (exact) mass is 333 g/mol. The summed E-state index contributed by atoms with van der Waals surface area (Å²) >= 11 is 0. The zero-order valence-corrected chi connectivity index (χ0v) is 14.3. The van der Waals surface area contributed by atoms with Crippen LogP contribution in [-0.2, 0) is 0 Å². The highest BCUT2D eigenvalue weighted by molar-refractivity contribution is 5.81. The quantitative estimate of drug-likeness (QED) is 0.507. The maximum absolute atomic E-state index is 13.2. The van der Waals surface area contributed by atoms with Gasteiger partial charge in [-0.2, -0.15) is 0 Å². The topological polar surface area (TPSA) is 26.0 Å². The molecule has 2 aromatic carbocycles. The van der Waals surface area contributed by atoms with Crippen LogP contribution < -0.4 is 0 Å². The molecule has 126 valence electrons. The fourth-order valence-electron chi connectivity index (χ4n) is 2.62. The molecule has 0 fully saturated rings. The number of fused-ring (bicyclic) bond motifs is 1. The number of aromatic nitrogens is 1. The summed E-state index contributed by atoms with van der Waals surface area (Å²) in [5, 5.41) is 0. The van der Waals surface area contributed by atoms with Gasteiger partial charge in [-0.15, -0.1) is 0 Å². The SMILES string of the molecule is C\C=C/C(/C=C/c1nc2cc(-c3ccccc3)ccc2o1)=C\C(C)F. The number of hydrogen-bond donors (Lipinski definition) is 0. The first kappa shape index (κ1) is 16.9. The lowest BCUT2D eigenvalue weighted by atomic mass is 10.1. The molecule has 1 aromatic heterocycles. The normalized spacial score (nSPS) is 14.0. The third kappa shape index (κ3) is 4.32. The summed E-state index contributed by atoms with van der Waals surface area (Å²) < 4.78 is 18.9. The van der Waals surface area contributed by atoms with Gasteiger partial charge in [-0.1, -0.05) is 48.6 Å². The van der Waals surface area contributed by atoms with Crippen molar-refractivity contribution in [2.24, 2.45) is 0 Å². The minimum Gasteiger partial charge on any atom is -0.437 e. The first-order chi connectivity index (χ1) is 12.2. The van der Waals surface area contributed by atoms with E-state index in [4.69, 9.17) is 4.42 Å². The maximum atomic E-state index is 13.2. The smallest absolute Gasteiger partial charge is 0.220 e. The Morgan fingerprint density at radius 1 is 1.08 bits per heavy atom. The summed E-state index contributed by atoms with van der Waals surface area (Å²) in [6, 6.07) is 16.1. The molecule has 0 N–H and O–H groups in total. The number of nitrogens with zero attached hydrogens (tertiary/aromatic N) is 1. The van der Waals surface area contributed by atoms with Gasteiger partial charge in [0.2, 0.25) is 5.89 Å². The van der Waals surface area contributed by atoms with E-state index >= 15 is 0 Å². The zero-order valence-electron chi connectivity index (χ0n) is 14.3. The van der Waals surface area contributed by atoms with Gasteiger partial charge < -0.3 is 4.42 Å². The third-order valence-corrected chi connectivity index (χ3v) is 3.71. The lowest BCUT2D eigenvalue weighted by Crippen LogP contribution is -1.86. The van der Waals surface area contributed by atoms with Crippen LogP contribution in [0.3, 0.4) is 0 Å². The van der Waals surface area contributed by atoms with Gasteiger partial charge >= 0.3 is 0 Å². The molecule has 0 bridgehead atoms. The highest BCUT2D eigenvalue weighted by atomic mass is 19.1. The van der Waals surface area contributed by atoms with E-state index in [2.05, 4.69) is 17.1 Å². The van der Waals surface area contributed by atoms with Crippen molar-refractivity contribution in [3.63, 3.8) is 0 Å². The molecule has 2 nitrogen and oxygen atoms in total. The molecule has 1 heterocycles. The molecule has 0 aliphatic carbocycles. The zero-order chi connectivity index (χ0) is 17.6. The molecule has 0 aliphatic heterocycles. The number of halogens is 1. The summed E-state index contributed by atoms with van der Waals surface area (Å²) in [4.78, 5) is 4.51. The Labute approximate surface area is 147 Å². The van der Waals surface area contributed by atoms with E-state index in [9.17, 15) is 4.39 Å². The Hall–Kier alpha value is -2.94. The van der Waals surface area contributed by atoms with Crippen molar-refractivity contribution in [3.8, 4) is 11.1 Å². The van der Waals surface area contributed by atoms with Gasteiger partial charge in [0.1, 0.15) is 11.7 Å². The van der Waals surface area contributed by atoms with Crippen molar-refractivity contribution in [3.05, 3.63) is 84.3 Å². The standard InChI is InChI=1S/C22H20FNO/c1-3-7-17(14-16(2)23)10-13-22-24-20-15-19(11-12-21(20)25-22)18-8-5-4-6-9-18/h3-16H,1-2H3/b7-3-,13-10+,17-14+. The van der Waals surface area contributed by atoms with Crippen LogP contribution in [0.5, 0.6) is 0 Å². The van der Waals surface area contributed by atoms with Crippen molar-refractivity contribution in [1.29, 1.82) is 0 Å². The minimum atomic E-state index is -1.01. The Bertz CT molecular complexity index is 933. The van der Waals surface area contributed by atoms with Gasteiger partial charge in [-0.3, -0.25) is 0 Å². The average molecular weight is 333 g/mol. The highest BCUT2D eigenvalue weighted by Gasteiger charge is 2.05. The Kier molecular flexibility index (Phi) is 5.24. The van der Waals surface area contributed by atoms with Crippen LogP contribution >= 0.6 is 0 Å². The van der Waals surface area contributed by atoms with E-state index < -0.39 is 6.17 Å². The number of rotatable bonds is 5. The van der Waals surface area contributed by atoms with Crippen LogP contribution in [0.2, 0.25) is 0 Å². The van der Waals surface area contributed by atoms with Crippen LogP contribution in [0.25, 0.3) is 28.3 Å². The molecular formula is C22H20FNO. The maximum Gasteiger partial charge on any atom is 0.220 e. The predicted molar refractivity (Wildman–Crippen MR) is 102 cm³/mol. The van der Waals surface area contributed by atoms with E-state index in [-0.39, 0.29) is 0 Å². The molecule has 25 heavy (non-hydrogen) atoms. The summed E-state index contributed by atoms with van der Waals surface area (Å²) in [5.74, 6) is 0.502. The van der Waals surface area contributed by atoms with Gasteiger partial charge in [0.25, 0.3) is 0 Å². The number of oxazole rings is 1. The summed E-state index contributed by atoms with van der Waals surface area (Å²) in [5.41, 5.74) is 4.55. The van der Waals surface area contributed by atoms with E-state index in [1.54, 1.807) is 18.2 Å². The van der Waals surface area contributed by atoms with Crippen LogP contribution in [0, 0.1) is 0 Å². The molecule has 0 amide bonds. The number of benzene rings is 2. The fourth-order valence-corrected chi connectivity index (χ4v) is 2.62.